The lowest BCUT2D eigenvalue weighted by atomic mass is 10.2. The van der Waals surface area contributed by atoms with E-state index < -0.39 is 22.3 Å². The monoisotopic (exact) mass is 348 g/mol. The highest BCUT2D eigenvalue weighted by atomic mass is 32.3. The lowest BCUT2D eigenvalue weighted by molar-refractivity contribution is -0.133. The van der Waals surface area contributed by atoms with Crippen LogP contribution in [0.2, 0.25) is 0 Å². The van der Waals surface area contributed by atoms with Crippen LogP contribution in [-0.4, -0.2) is 71.4 Å². The molecule has 0 fully saturated rings. The topological polar surface area (TPSA) is 93.2 Å². The molecule has 23 heavy (non-hydrogen) atoms. The smallest absolute Gasteiger partial charge is 0.312 e. The summed E-state index contributed by atoms with van der Waals surface area (Å²) in [6.07, 6.45) is 0.454. The molecule has 0 heterocycles. The van der Waals surface area contributed by atoms with E-state index in [-0.39, 0.29) is 24.0 Å². The Morgan fingerprint density at radius 3 is 1.39 bits per heavy atom. The maximum atomic E-state index is 11.6. The van der Waals surface area contributed by atoms with Crippen LogP contribution >= 0.6 is 0 Å². The van der Waals surface area contributed by atoms with Gasteiger partial charge in [0.1, 0.15) is 0 Å². The van der Waals surface area contributed by atoms with Crippen molar-refractivity contribution < 1.29 is 26.4 Å². The minimum atomic E-state index is -4.80. The van der Waals surface area contributed by atoms with E-state index in [9.17, 15) is 18.0 Å². The minimum Gasteiger partial charge on any atom is -0.312 e. The van der Waals surface area contributed by atoms with Crippen LogP contribution in [0.5, 0.6) is 0 Å². The molecule has 0 aliphatic carbocycles. The van der Waals surface area contributed by atoms with Gasteiger partial charge in [-0.15, -0.1) is 8.42 Å². The second kappa shape index (κ2) is 9.43. The molecule has 0 spiro atoms. The van der Waals surface area contributed by atoms with E-state index in [0.29, 0.717) is 13.1 Å². The molecule has 0 N–H and O–H groups in total. The Hall–Kier alpha value is -1.71. The predicted octanol–water partition coefficient (Wildman–Crippen LogP) is 0.333. The summed E-state index contributed by atoms with van der Waals surface area (Å²) in [7, 11) is 2.36. The van der Waals surface area contributed by atoms with Gasteiger partial charge in [-0.25, -0.2) is 9.59 Å². The molecule has 0 saturated carbocycles. The van der Waals surface area contributed by atoms with E-state index in [2.05, 4.69) is 21.5 Å². The minimum absolute atomic E-state index is 0.0373. The molecule has 0 rings (SSSR count). The van der Waals surface area contributed by atoms with Crippen LogP contribution in [-0.2, 0) is 28.4 Å². The summed E-state index contributed by atoms with van der Waals surface area (Å²) in [4.78, 5) is 26.8. The van der Waals surface area contributed by atoms with Crippen molar-refractivity contribution in [3.05, 3.63) is 24.3 Å². The Bertz CT molecular complexity index is 522. The van der Waals surface area contributed by atoms with Crippen molar-refractivity contribution in [2.24, 2.45) is 0 Å². The van der Waals surface area contributed by atoms with E-state index in [4.69, 9.17) is 0 Å². The third kappa shape index (κ3) is 9.82. The fourth-order valence-electron chi connectivity index (χ4n) is 1.24. The summed E-state index contributed by atoms with van der Waals surface area (Å²) < 4.78 is 31.5. The Balaban J connectivity index is 4.53. The molecule has 9 heteroatoms. The SMILES string of the molecule is C=C(CCN(C)C)C(=O)OS(=O)(=O)OC(=O)C(=C)CCN(C)C. The molecule has 0 saturated heterocycles. The second-order valence-corrected chi connectivity index (χ2v) is 6.61. The largest absolute Gasteiger partial charge is 0.506 e. The van der Waals surface area contributed by atoms with Gasteiger partial charge in [-0.1, -0.05) is 13.2 Å². The molecule has 0 aromatic rings. The number of rotatable bonds is 10. The standard InChI is InChI=1S/C14H24N2O6S/c1-11(7-9-15(3)4)13(17)21-23(19,20)22-14(18)12(2)8-10-16(5)6/h1-2,7-10H2,3-6H3. The Labute approximate surface area is 137 Å². The number of carbonyl (C=O) groups excluding carboxylic acids is 2. The van der Waals surface area contributed by atoms with Gasteiger partial charge in [0.2, 0.25) is 0 Å². The van der Waals surface area contributed by atoms with Gasteiger partial charge in [-0.05, 0) is 41.0 Å². The van der Waals surface area contributed by atoms with Crippen molar-refractivity contribution in [3.63, 3.8) is 0 Å². The molecular weight excluding hydrogens is 324 g/mol. The fourth-order valence-corrected chi connectivity index (χ4v) is 1.88. The molecule has 0 bridgehead atoms. The summed E-state index contributed by atoms with van der Waals surface area (Å²) in [6.45, 7) is 7.88. The van der Waals surface area contributed by atoms with Gasteiger partial charge in [0.25, 0.3) is 0 Å². The summed E-state index contributed by atoms with van der Waals surface area (Å²) in [5, 5.41) is 0. The zero-order chi connectivity index (χ0) is 18.2. The number of nitrogens with zero attached hydrogens (tertiary/aromatic N) is 2. The first kappa shape index (κ1) is 21.3. The highest BCUT2D eigenvalue weighted by Crippen LogP contribution is 2.10. The average Bonchev–Trinajstić information content (AvgIpc) is 2.40. The Morgan fingerprint density at radius 2 is 1.13 bits per heavy atom. The van der Waals surface area contributed by atoms with E-state index >= 15 is 0 Å². The number of hydrogen-bond donors (Lipinski definition) is 0. The summed E-state index contributed by atoms with van der Waals surface area (Å²) in [5.41, 5.74) is -0.0745. The molecular formula is C14H24N2O6S. The lowest BCUT2D eigenvalue weighted by Crippen LogP contribution is -2.23. The van der Waals surface area contributed by atoms with E-state index in [0.717, 1.165) is 0 Å². The first-order valence-corrected chi connectivity index (χ1v) is 8.15. The first-order chi connectivity index (χ1) is 10.4. The zero-order valence-electron chi connectivity index (χ0n) is 14.0. The number of hydrogen-bond acceptors (Lipinski definition) is 8. The van der Waals surface area contributed by atoms with Crippen molar-refractivity contribution in [3.8, 4) is 0 Å². The average molecular weight is 348 g/mol. The summed E-state index contributed by atoms with van der Waals surface area (Å²) in [5.74, 6) is -2.31. The Morgan fingerprint density at radius 1 is 0.826 bits per heavy atom. The zero-order valence-corrected chi connectivity index (χ0v) is 14.8. The van der Waals surface area contributed by atoms with Crippen LogP contribution in [0.15, 0.2) is 24.3 Å². The van der Waals surface area contributed by atoms with Gasteiger partial charge < -0.3 is 18.2 Å². The normalized spacial score (nSPS) is 11.4. The molecule has 0 aliphatic rings. The lowest BCUT2D eigenvalue weighted by Gasteiger charge is -2.12. The van der Waals surface area contributed by atoms with Gasteiger partial charge in [0.05, 0.1) is 0 Å². The van der Waals surface area contributed by atoms with Crippen LogP contribution in [0.3, 0.4) is 0 Å². The highest BCUT2D eigenvalue weighted by molar-refractivity contribution is 7.82. The molecule has 0 unspecified atom stereocenters. The van der Waals surface area contributed by atoms with Gasteiger partial charge in [-0.2, -0.15) is 0 Å². The van der Waals surface area contributed by atoms with E-state index in [1.165, 1.54) is 0 Å². The van der Waals surface area contributed by atoms with Crippen LogP contribution in [0, 0.1) is 0 Å². The van der Waals surface area contributed by atoms with E-state index in [1.54, 1.807) is 38.0 Å². The van der Waals surface area contributed by atoms with Crippen LogP contribution < -0.4 is 0 Å². The van der Waals surface area contributed by atoms with Gasteiger partial charge in [-0.3, -0.25) is 0 Å². The molecule has 8 nitrogen and oxygen atoms in total. The van der Waals surface area contributed by atoms with Crippen molar-refractivity contribution in [1.29, 1.82) is 0 Å². The van der Waals surface area contributed by atoms with Gasteiger partial charge in [0, 0.05) is 24.2 Å². The molecule has 0 aliphatic heterocycles. The van der Waals surface area contributed by atoms with Crippen molar-refractivity contribution >= 4 is 22.3 Å². The van der Waals surface area contributed by atoms with Crippen molar-refractivity contribution in [2.75, 3.05) is 41.3 Å². The van der Waals surface area contributed by atoms with Crippen LogP contribution in [0.4, 0.5) is 0 Å². The van der Waals surface area contributed by atoms with E-state index in [1.807, 2.05) is 0 Å². The van der Waals surface area contributed by atoms with Crippen LogP contribution in [0.1, 0.15) is 12.8 Å². The summed E-state index contributed by atoms with van der Waals surface area (Å²) in [6, 6.07) is 0. The van der Waals surface area contributed by atoms with Crippen molar-refractivity contribution in [2.45, 2.75) is 12.8 Å². The molecule has 132 valence electrons. The quantitative estimate of drug-likeness (QED) is 0.522. The Kier molecular flexibility index (Phi) is 8.73. The molecule has 0 aromatic heterocycles. The maximum Gasteiger partial charge on any atom is 0.506 e. The highest BCUT2D eigenvalue weighted by Gasteiger charge is 2.25. The van der Waals surface area contributed by atoms with Gasteiger partial charge in [0.15, 0.2) is 0 Å². The maximum absolute atomic E-state index is 11.6. The molecule has 0 aromatic carbocycles. The number of carbonyl (C=O) groups is 2. The predicted molar refractivity (Wildman–Crippen MR) is 85.7 cm³/mol. The summed E-state index contributed by atoms with van der Waals surface area (Å²) >= 11 is 0. The first-order valence-electron chi connectivity index (χ1n) is 6.82. The van der Waals surface area contributed by atoms with Gasteiger partial charge >= 0.3 is 22.3 Å². The second-order valence-electron chi connectivity index (χ2n) is 5.46. The third-order valence-corrected chi connectivity index (χ3v) is 3.37. The molecule has 0 radical (unpaired) electrons. The fraction of sp³-hybridized carbons (Fsp3) is 0.571. The van der Waals surface area contributed by atoms with Crippen molar-refractivity contribution in [1.82, 2.24) is 9.80 Å². The molecule has 0 atom stereocenters. The molecule has 0 amide bonds. The third-order valence-electron chi connectivity index (χ3n) is 2.65. The van der Waals surface area contributed by atoms with Crippen LogP contribution in [0.25, 0.3) is 0 Å².